The summed E-state index contributed by atoms with van der Waals surface area (Å²) in [4.78, 5) is 15.8. The Hall–Kier alpha value is -8.21. The van der Waals surface area contributed by atoms with Crippen LogP contribution in [-0.4, -0.2) is 19.5 Å². The molecule has 0 amide bonds. The van der Waals surface area contributed by atoms with Crippen LogP contribution in [-0.2, 0) is 0 Å². The van der Waals surface area contributed by atoms with Crippen LogP contribution >= 0.6 is 0 Å². The van der Waals surface area contributed by atoms with E-state index in [4.69, 9.17) is 15.0 Å². The Bertz CT molecular complexity index is 3570. The molecule has 0 fully saturated rings. The average Bonchev–Trinajstić information content (AvgIpc) is 3.68. The van der Waals surface area contributed by atoms with Crippen molar-refractivity contribution in [1.82, 2.24) is 19.5 Å². The van der Waals surface area contributed by atoms with Gasteiger partial charge in [0.1, 0.15) is 0 Å². The number of hydrogen-bond donors (Lipinski definition) is 0. The Kier molecular flexibility index (Phi) is 8.13. The summed E-state index contributed by atoms with van der Waals surface area (Å²) in [6.45, 7) is 0. The summed E-state index contributed by atoms with van der Waals surface area (Å²) in [5.74, 6) is 1.85. The highest BCUT2D eigenvalue weighted by molar-refractivity contribution is 6.20. The predicted molar refractivity (Wildman–Crippen MR) is 254 cm³/mol. The molecule has 61 heavy (non-hydrogen) atoms. The van der Waals surface area contributed by atoms with Gasteiger partial charge in [-0.3, -0.25) is 0 Å². The first-order valence-corrected chi connectivity index (χ1v) is 20.7. The first-order valence-electron chi connectivity index (χ1n) is 20.7. The van der Waals surface area contributed by atoms with Gasteiger partial charge in [0.2, 0.25) is 0 Å². The molecule has 0 N–H and O–H groups in total. The fourth-order valence-corrected chi connectivity index (χ4v) is 9.15. The Balaban J connectivity index is 1.04. The molecule has 0 unspecified atom stereocenters. The third-order valence-electron chi connectivity index (χ3n) is 12.1. The topological polar surface area (TPSA) is 43.6 Å². The van der Waals surface area contributed by atoms with Gasteiger partial charge in [0.05, 0.1) is 16.7 Å². The summed E-state index contributed by atoms with van der Waals surface area (Å²) in [6, 6.07) is 77.5. The molecule has 0 radical (unpaired) electrons. The van der Waals surface area contributed by atoms with E-state index in [0.29, 0.717) is 17.5 Å². The molecular weight excluding hydrogens is 741 g/mol. The van der Waals surface area contributed by atoms with Crippen LogP contribution in [0.25, 0.3) is 116 Å². The van der Waals surface area contributed by atoms with Gasteiger partial charge in [0, 0.05) is 27.5 Å². The fourth-order valence-electron chi connectivity index (χ4n) is 9.15. The molecular formula is C57H36N4. The number of benzene rings is 10. The number of nitrogens with zero attached hydrogens (tertiary/aromatic N) is 4. The Morgan fingerprint density at radius 2 is 0.770 bits per heavy atom. The molecule has 0 saturated carbocycles. The van der Waals surface area contributed by atoms with Gasteiger partial charge >= 0.3 is 0 Å². The van der Waals surface area contributed by atoms with Crippen LogP contribution in [0.4, 0.5) is 0 Å². The Morgan fingerprint density at radius 3 is 1.46 bits per heavy atom. The van der Waals surface area contributed by atoms with Crippen LogP contribution in [0.15, 0.2) is 218 Å². The van der Waals surface area contributed by atoms with Crippen molar-refractivity contribution in [3.8, 4) is 62.1 Å². The fraction of sp³-hybridized carbons (Fsp3) is 0. The summed E-state index contributed by atoms with van der Waals surface area (Å²) in [5.41, 5.74) is 10.7. The van der Waals surface area contributed by atoms with Crippen LogP contribution in [0.2, 0.25) is 0 Å². The van der Waals surface area contributed by atoms with E-state index in [9.17, 15) is 0 Å². The number of para-hydroxylation sites is 3. The standard InChI is InChI=1S/C57H36N4/c1-2-14-37(15-3-1)38-26-30-41(31-27-38)55-58-56(60-57(59-55)49-22-10-13-25-53(49)61-51-23-11-8-20-46(51)47-21-9-12-24-52(47)61)42-32-28-40(29-33-42)54-45-19-7-5-17-43(45)36-50-44-18-6-4-16-39(44)34-35-48(50)54/h1-36H. The van der Waals surface area contributed by atoms with Gasteiger partial charge < -0.3 is 4.57 Å². The van der Waals surface area contributed by atoms with E-state index in [2.05, 4.69) is 217 Å². The molecule has 0 saturated heterocycles. The third-order valence-corrected chi connectivity index (χ3v) is 12.1. The zero-order valence-corrected chi connectivity index (χ0v) is 33.1. The molecule has 4 nitrogen and oxygen atoms in total. The molecule has 0 atom stereocenters. The van der Waals surface area contributed by atoms with Crippen molar-refractivity contribution in [2.24, 2.45) is 0 Å². The second-order valence-electron chi connectivity index (χ2n) is 15.6. The van der Waals surface area contributed by atoms with Crippen molar-refractivity contribution < 1.29 is 0 Å². The predicted octanol–water partition coefficient (Wildman–Crippen LogP) is 14.8. The van der Waals surface area contributed by atoms with Gasteiger partial charge in [-0.05, 0) is 84.9 Å². The summed E-state index contributed by atoms with van der Waals surface area (Å²) in [6.07, 6.45) is 0. The molecule has 0 aliphatic rings. The zero-order chi connectivity index (χ0) is 40.3. The monoisotopic (exact) mass is 776 g/mol. The molecule has 284 valence electrons. The number of fused-ring (bicyclic) bond motifs is 7. The van der Waals surface area contributed by atoms with E-state index in [1.54, 1.807) is 0 Å². The van der Waals surface area contributed by atoms with E-state index in [1.807, 2.05) is 6.07 Å². The number of hydrogen-bond acceptors (Lipinski definition) is 3. The zero-order valence-electron chi connectivity index (χ0n) is 33.1. The van der Waals surface area contributed by atoms with Crippen molar-refractivity contribution in [2.75, 3.05) is 0 Å². The van der Waals surface area contributed by atoms with Crippen molar-refractivity contribution in [3.05, 3.63) is 218 Å². The number of aromatic nitrogens is 4. The summed E-state index contributed by atoms with van der Waals surface area (Å²) >= 11 is 0. The molecule has 12 rings (SSSR count). The van der Waals surface area contributed by atoms with Gasteiger partial charge in [0.15, 0.2) is 17.5 Å². The minimum Gasteiger partial charge on any atom is -0.309 e. The van der Waals surface area contributed by atoms with Crippen molar-refractivity contribution >= 4 is 54.1 Å². The van der Waals surface area contributed by atoms with E-state index in [1.165, 1.54) is 54.2 Å². The van der Waals surface area contributed by atoms with Gasteiger partial charge in [-0.2, -0.15) is 0 Å². The maximum absolute atomic E-state index is 5.30. The molecule has 0 bridgehead atoms. The minimum absolute atomic E-state index is 0.612. The minimum atomic E-state index is 0.612. The van der Waals surface area contributed by atoms with Gasteiger partial charge in [-0.15, -0.1) is 0 Å². The molecule has 0 aliphatic heterocycles. The lowest BCUT2D eigenvalue weighted by Gasteiger charge is -2.15. The lowest BCUT2D eigenvalue weighted by molar-refractivity contribution is 1.06. The van der Waals surface area contributed by atoms with Crippen LogP contribution in [0.3, 0.4) is 0 Å². The summed E-state index contributed by atoms with van der Waals surface area (Å²) < 4.78 is 2.34. The SMILES string of the molecule is c1ccc(-c2ccc(-c3nc(-c4ccc(-c5c6ccccc6cc6c5ccc5ccccc56)cc4)nc(-c4ccccc4-n4c5ccccc5c5ccccc54)n3)cc2)cc1. The van der Waals surface area contributed by atoms with E-state index in [-0.39, 0.29) is 0 Å². The van der Waals surface area contributed by atoms with E-state index >= 15 is 0 Å². The van der Waals surface area contributed by atoms with Crippen LogP contribution in [0.1, 0.15) is 0 Å². The lowest BCUT2D eigenvalue weighted by Crippen LogP contribution is -2.03. The van der Waals surface area contributed by atoms with Gasteiger partial charge in [-0.1, -0.05) is 188 Å². The quantitative estimate of drug-likeness (QED) is 0.125. The maximum atomic E-state index is 5.30. The van der Waals surface area contributed by atoms with Gasteiger partial charge in [0.25, 0.3) is 0 Å². The Morgan fingerprint density at radius 1 is 0.279 bits per heavy atom. The Labute approximate surface area is 352 Å². The van der Waals surface area contributed by atoms with Crippen molar-refractivity contribution in [1.29, 1.82) is 0 Å². The summed E-state index contributed by atoms with van der Waals surface area (Å²) in [7, 11) is 0. The molecule has 12 aromatic rings. The molecule has 0 spiro atoms. The molecule has 2 aromatic heterocycles. The maximum Gasteiger partial charge on any atom is 0.166 e. The molecule has 4 heteroatoms. The lowest BCUT2D eigenvalue weighted by atomic mass is 9.89. The van der Waals surface area contributed by atoms with Crippen LogP contribution < -0.4 is 0 Å². The first kappa shape index (κ1) is 34.8. The third kappa shape index (κ3) is 5.88. The highest BCUT2D eigenvalue weighted by Crippen LogP contribution is 2.41. The molecule has 2 heterocycles. The molecule has 10 aromatic carbocycles. The van der Waals surface area contributed by atoms with Gasteiger partial charge in [-0.25, -0.2) is 15.0 Å². The smallest absolute Gasteiger partial charge is 0.166 e. The second kappa shape index (κ2) is 14.3. The summed E-state index contributed by atoms with van der Waals surface area (Å²) in [5, 5.41) is 9.83. The first-order chi connectivity index (χ1) is 30.2. The largest absolute Gasteiger partial charge is 0.309 e. The van der Waals surface area contributed by atoms with Crippen LogP contribution in [0, 0.1) is 0 Å². The highest BCUT2D eigenvalue weighted by atomic mass is 15.1. The normalized spacial score (nSPS) is 11.6. The highest BCUT2D eigenvalue weighted by Gasteiger charge is 2.20. The number of rotatable bonds is 6. The van der Waals surface area contributed by atoms with Crippen molar-refractivity contribution in [3.63, 3.8) is 0 Å². The van der Waals surface area contributed by atoms with Crippen LogP contribution in [0.5, 0.6) is 0 Å². The average molecular weight is 777 g/mol. The second-order valence-corrected chi connectivity index (χ2v) is 15.6. The van der Waals surface area contributed by atoms with E-state index in [0.717, 1.165) is 44.5 Å². The van der Waals surface area contributed by atoms with E-state index < -0.39 is 0 Å². The van der Waals surface area contributed by atoms with Crippen molar-refractivity contribution in [2.45, 2.75) is 0 Å². The molecule has 0 aliphatic carbocycles.